The van der Waals surface area contributed by atoms with E-state index in [-0.39, 0.29) is 29.0 Å². The fourth-order valence-corrected chi connectivity index (χ4v) is 7.40. The quantitative estimate of drug-likeness (QED) is 0.663. The minimum absolute atomic E-state index is 0.0451. The fraction of sp³-hybridized carbons (Fsp3) is 0.652. The number of piperidine rings is 2. The number of benzene rings is 1. The molecule has 0 saturated carbocycles. The Kier molecular flexibility index (Phi) is 6.89. The molecule has 2 amide bonds. The number of thioether (sulfide) groups is 1. The molecule has 2 atom stereocenters. The Morgan fingerprint density at radius 1 is 1.06 bits per heavy atom. The smallest absolute Gasteiger partial charge is 0.243 e. The van der Waals surface area contributed by atoms with Crippen molar-refractivity contribution in [3.63, 3.8) is 0 Å². The molecule has 176 valence electrons. The average Bonchev–Trinajstić information content (AvgIpc) is 2.75. The van der Waals surface area contributed by atoms with Gasteiger partial charge in [-0.2, -0.15) is 4.31 Å². The van der Waals surface area contributed by atoms with E-state index < -0.39 is 10.0 Å². The predicted octanol–water partition coefficient (Wildman–Crippen LogP) is 3.05. The third kappa shape index (κ3) is 4.84. The molecule has 0 bridgehead atoms. The molecular weight excluding hydrogens is 446 g/mol. The van der Waals surface area contributed by atoms with Crippen LogP contribution in [0.2, 0.25) is 0 Å². The highest BCUT2D eigenvalue weighted by Crippen LogP contribution is 2.38. The van der Waals surface area contributed by atoms with Gasteiger partial charge in [-0.3, -0.25) is 9.59 Å². The number of carbonyl (C=O) groups is 2. The van der Waals surface area contributed by atoms with Gasteiger partial charge in [-0.25, -0.2) is 8.42 Å². The van der Waals surface area contributed by atoms with Gasteiger partial charge < -0.3 is 9.80 Å². The van der Waals surface area contributed by atoms with Crippen molar-refractivity contribution >= 4 is 39.3 Å². The number of rotatable bonds is 4. The van der Waals surface area contributed by atoms with Gasteiger partial charge in [-0.15, -0.1) is 11.8 Å². The Balaban J connectivity index is 1.58. The molecule has 1 aromatic rings. The molecule has 3 heterocycles. The number of hydrogen-bond acceptors (Lipinski definition) is 5. The number of nitrogens with zero attached hydrogens (tertiary/aromatic N) is 3. The Hall–Kier alpha value is -1.58. The topological polar surface area (TPSA) is 78.0 Å². The summed E-state index contributed by atoms with van der Waals surface area (Å²) in [7, 11) is -3.63. The highest BCUT2D eigenvalue weighted by Gasteiger charge is 2.33. The maximum Gasteiger partial charge on any atom is 0.243 e. The second-order valence-electron chi connectivity index (χ2n) is 9.73. The van der Waals surface area contributed by atoms with Crippen molar-refractivity contribution < 1.29 is 18.0 Å². The van der Waals surface area contributed by atoms with E-state index in [4.69, 9.17) is 0 Å². The third-order valence-electron chi connectivity index (χ3n) is 6.77. The van der Waals surface area contributed by atoms with Crippen LogP contribution in [0, 0.1) is 17.8 Å². The van der Waals surface area contributed by atoms with Crippen molar-refractivity contribution in [2.24, 2.45) is 17.8 Å². The molecule has 0 spiro atoms. The minimum atomic E-state index is -3.63. The van der Waals surface area contributed by atoms with Gasteiger partial charge in [0.05, 0.1) is 16.3 Å². The summed E-state index contributed by atoms with van der Waals surface area (Å²) < 4.78 is 28.0. The summed E-state index contributed by atoms with van der Waals surface area (Å²) in [6, 6.07) is 4.99. The zero-order valence-electron chi connectivity index (χ0n) is 19.1. The molecule has 7 nitrogen and oxygen atoms in total. The van der Waals surface area contributed by atoms with E-state index in [0.717, 1.165) is 24.2 Å². The van der Waals surface area contributed by atoms with Crippen LogP contribution in [0.15, 0.2) is 28.0 Å². The van der Waals surface area contributed by atoms with E-state index in [1.807, 2.05) is 4.90 Å². The normalized spacial score (nSPS) is 25.7. The Labute approximate surface area is 195 Å². The number of sulfonamides is 1. The minimum Gasteiger partial charge on any atom is -0.341 e. The summed E-state index contributed by atoms with van der Waals surface area (Å²) in [4.78, 5) is 30.2. The van der Waals surface area contributed by atoms with Crippen molar-refractivity contribution in [2.75, 3.05) is 43.4 Å². The summed E-state index contributed by atoms with van der Waals surface area (Å²) in [6.45, 7) is 8.83. The molecule has 2 saturated heterocycles. The summed E-state index contributed by atoms with van der Waals surface area (Å²) in [5.74, 6) is 1.42. The summed E-state index contributed by atoms with van der Waals surface area (Å²) in [5.41, 5.74) is 0.532. The van der Waals surface area contributed by atoms with Crippen LogP contribution in [0.3, 0.4) is 0 Å². The van der Waals surface area contributed by atoms with Gasteiger partial charge in [0.2, 0.25) is 21.8 Å². The molecule has 0 aromatic heterocycles. The molecule has 3 aliphatic heterocycles. The molecule has 0 aliphatic carbocycles. The van der Waals surface area contributed by atoms with Crippen molar-refractivity contribution in [3.05, 3.63) is 18.2 Å². The van der Waals surface area contributed by atoms with E-state index in [9.17, 15) is 18.0 Å². The van der Waals surface area contributed by atoms with Crippen molar-refractivity contribution in [1.82, 2.24) is 9.21 Å². The van der Waals surface area contributed by atoms with Gasteiger partial charge in [0, 0.05) is 31.1 Å². The van der Waals surface area contributed by atoms with E-state index in [1.165, 1.54) is 16.7 Å². The van der Waals surface area contributed by atoms with Crippen LogP contribution >= 0.6 is 11.8 Å². The molecule has 9 heteroatoms. The largest absolute Gasteiger partial charge is 0.341 e. The van der Waals surface area contributed by atoms with E-state index in [2.05, 4.69) is 20.8 Å². The van der Waals surface area contributed by atoms with Crippen LogP contribution < -0.4 is 4.90 Å². The molecule has 2 fully saturated rings. The Morgan fingerprint density at radius 2 is 1.72 bits per heavy atom. The van der Waals surface area contributed by atoms with Crippen LogP contribution in [-0.4, -0.2) is 67.9 Å². The van der Waals surface area contributed by atoms with Gasteiger partial charge >= 0.3 is 0 Å². The van der Waals surface area contributed by atoms with Crippen molar-refractivity contribution in [1.29, 1.82) is 0 Å². The molecule has 3 aliphatic rings. The number of amides is 2. The first kappa shape index (κ1) is 23.6. The Morgan fingerprint density at radius 3 is 2.38 bits per heavy atom. The lowest BCUT2D eigenvalue weighted by atomic mass is 9.92. The lowest BCUT2D eigenvalue weighted by Crippen LogP contribution is -2.49. The van der Waals surface area contributed by atoms with Crippen LogP contribution in [-0.2, 0) is 19.6 Å². The molecule has 0 radical (unpaired) electrons. The highest BCUT2D eigenvalue weighted by molar-refractivity contribution is 8.00. The van der Waals surface area contributed by atoms with Gasteiger partial charge in [0.15, 0.2) is 0 Å². The predicted molar refractivity (Wildman–Crippen MR) is 126 cm³/mol. The molecular formula is C23H33N3O4S2. The molecule has 0 N–H and O–H groups in total. The van der Waals surface area contributed by atoms with E-state index in [1.54, 1.807) is 22.5 Å². The van der Waals surface area contributed by atoms with Crippen LogP contribution in [0.1, 0.15) is 40.0 Å². The Bertz CT molecular complexity index is 979. The zero-order chi connectivity index (χ0) is 23.0. The molecule has 32 heavy (non-hydrogen) atoms. The van der Waals surface area contributed by atoms with Gasteiger partial charge in [0.25, 0.3) is 0 Å². The second-order valence-corrected chi connectivity index (χ2v) is 12.7. The monoisotopic (exact) mass is 479 g/mol. The number of anilines is 1. The van der Waals surface area contributed by atoms with Crippen molar-refractivity contribution in [3.8, 4) is 0 Å². The van der Waals surface area contributed by atoms with Gasteiger partial charge in [-0.05, 0) is 55.2 Å². The second kappa shape index (κ2) is 9.35. The molecule has 4 rings (SSSR count). The average molecular weight is 480 g/mol. The summed E-state index contributed by atoms with van der Waals surface area (Å²) in [5, 5.41) is 0. The van der Waals surface area contributed by atoms with E-state index in [0.29, 0.717) is 49.6 Å². The van der Waals surface area contributed by atoms with Gasteiger partial charge in [0.1, 0.15) is 6.54 Å². The first-order chi connectivity index (χ1) is 15.1. The highest BCUT2D eigenvalue weighted by atomic mass is 32.2. The summed E-state index contributed by atoms with van der Waals surface area (Å²) >= 11 is 1.39. The zero-order valence-corrected chi connectivity index (χ0v) is 20.8. The first-order valence-electron chi connectivity index (χ1n) is 11.5. The van der Waals surface area contributed by atoms with E-state index >= 15 is 0 Å². The SMILES string of the molecule is CC1CCN(S(=O)(=O)c2ccc3c(c2)N(CC(=O)N2C[C@H](C)C[C@H](C)C2)C(=O)CS3)CC1. The number of hydrogen-bond donors (Lipinski definition) is 0. The third-order valence-corrected chi connectivity index (χ3v) is 9.71. The lowest BCUT2D eigenvalue weighted by Gasteiger charge is -2.37. The van der Waals surface area contributed by atoms with Gasteiger partial charge in [-0.1, -0.05) is 20.8 Å². The van der Waals surface area contributed by atoms with Crippen LogP contribution in [0.4, 0.5) is 5.69 Å². The van der Waals surface area contributed by atoms with Crippen molar-refractivity contribution in [2.45, 2.75) is 49.8 Å². The van der Waals surface area contributed by atoms with Crippen LogP contribution in [0.5, 0.6) is 0 Å². The van der Waals surface area contributed by atoms with Crippen LogP contribution in [0.25, 0.3) is 0 Å². The summed E-state index contributed by atoms with van der Waals surface area (Å²) in [6.07, 6.45) is 2.81. The number of carbonyl (C=O) groups excluding carboxylic acids is 2. The maximum absolute atomic E-state index is 13.3. The number of likely N-dealkylation sites (tertiary alicyclic amines) is 1. The molecule has 1 aromatic carbocycles. The fourth-order valence-electron chi connectivity index (χ4n) is 4.99. The number of fused-ring (bicyclic) bond motifs is 1. The standard InChI is InChI=1S/C23H33N3O4S2/c1-16-6-8-25(9-7-16)32(29,30)19-4-5-21-20(11-19)26(23(28)15-31-21)14-22(27)24-12-17(2)10-18(3)13-24/h4-5,11,16-18H,6-10,12-15H2,1-3H3/t17-,18+. The lowest BCUT2D eigenvalue weighted by molar-refractivity contribution is -0.133. The first-order valence-corrected chi connectivity index (χ1v) is 13.9. The molecule has 0 unspecified atom stereocenters. The maximum atomic E-state index is 13.3.